The zero-order valence-electron chi connectivity index (χ0n) is 20.1. The van der Waals surface area contributed by atoms with E-state index in [0.717, 1.165) is 16.7 Å². The highest BCUT2D eigenvalue weighted by molar-refractivity contribution is 6.18. The molecule has 0 radical (unpaired) electrons. The number of benzene rings is 2. The lowest BCUT2D eigenvalue weighted by Gasteiger charge is -2.03. The molecule has 0 saturated carbocycles. The highest BCUT2D eigenvalue weighted by Crippen LogP contribution is 2.43. The Morgan fingerprint density at radius 3 is 2.62 bits per heavy atom. The van der Waals surface area contributed by atoms with Gasteiger partial charge in [-0.25, -0.2) is 4.79 Å². The fraction of sp³-hybridized carbons (Fsp3) is 0.143. The number of allylic oxidation sites excluding steroid dienone is 1. The molecule has 3 heterocycles. The molecular formula is C28H24N2O7. The topological polar surface area (TPSA) is 149 Å². The van der Waals surface area contributed by atoms with Crippen LogP contribution in [-0.2, 0) is 6.42 Å². The van der Waals surface area contributed by atoms with E-state index in [1.807, 2.05) is 19.1 Å². The van der Waals surface area contributed by atoms with Crippen molar-refractivity contribution < 1.29 is 34.1 Å². The molecule has 0 amide bonds. The summed E-state index contributed by atoms with van der Waals surface area (Å²) in [6.07, 6.45) is 5.51. The van der Waals surface area contributed by atoms with Crippen molar-refractivity contribution in [1.82, 2.24) is 9.97 Å². The third-order valence-corrected chi connectivity index (χ3v) is 6.41. The Hall–Kier alpha value is -4.76. The number of aromatic nitrogens is 2. The minimum Gasteiger partial charge on any atom is -0.504 e. The van der Waals surface area contributed by atoms with Crippen LogP contribution >= 0.6 is 0 Å². The molecule has 0 aliphatic heterocycles. The number of hydrogen-bond acceptors (Lipinski definition) is 6. The summed E-state index contributed by atoms with van der Waals surface area (Å²) in [7, 11) is 1.51. The Labute approximate surface area is 210 Å². The van der Waals surface area contributed by atoms with Crippen LogP contribution in [0.1, 0.15) is 39.2 Å². The van der Waals surface area contributed by atoms with Gasteiger partial charge in [0.15, 0.2) is 5.75 Å². The van der Waals surface area contributed by atoms with Crippen LogP contribution in [0.15, 0.2) is 64.9 Å². The van der Waals surface area contributed by atoms with E-state index in [4.69, 9.17) is 9.15 Å². The van der Waals surface area contributed by atoms with E-state index < -0.39 is 29.0 Å². The molecule has 5 N–H and O–H groups in total. The molecule has 0 bridgehead atoms. The van der Waals surface area contributed by atoms with E-state index in [0.29, 0.717) is 34.0 Å². The fourth-order valence-corrected chi connectivity index (χ4v) is 4.46. The number of rotatable bonds is 8. The third kappa shape index (κ3) is 4.05. The number of methoxy groups -OCH3 is 1. The number of ketones is 1. The van der Waals surface area contributed by atoms with Gasteiger partial charge in [0, 0.05) is 39.8 Å². The minimum atomic E-state index is -1.42. The van der Waals surface area contributed by atoms with Crippen molar-refractivity contribution in [3.8, 4) is 22.6 Å². The number of carboxylic acid groups (broad SMARTS) is 1. The van der Waals surface area contributed by atoms with E-state index >= 15 is 0 Å². The molecule has 0 aliphatic rings. The molecule has 5 aromatic rings. The Balaban J connectivity index is 1.62. The number of fused-ring (bicyclic) bond motifs is 2. The lowest BCUT2D eigenvalue weighted by atomic mass is 10.0. The van der Waals surface area contributed by atoms with Gasteiger partial charge in [0.1, 0.15) is 5.75 Å². The second-order valence-corrected chi connectivity index (χ2v) is 8.69. The number of hydrogen-bond donors (Lipinski definition) is 5. The van der Waals surface area contributed by atoms with Crippen LogP contribution in [0.3, 0.4) is 0 Å². The number of carboxylic acids is 1. The van der Waals surface area contributed by atoms with Crippen molar-refractivity contribution >= 4 is 33.6 Å². The van der Waals surface area contributed by atoms with Crippen molar-refractivity contribution in [3.63, 3.8) is 0 Å². The largest absolute Gasteiger partial charge is 0.504 e. The molecule has 0 spiro atoms. The molecule has 5 rings (SSSR count). The number of ether oxygens (including phenoxy) is 1. The van der Waals surface area contributed by atoms with Gasteiger partial charge in [-0.15, -0.1) is 0 Å². The van der Waals surface area contributed by atoms with Crippen LogP contribution in [-0.4, -0.2) is 50.8 Å². The van der Waals surface area contributed by atoms with Gasteiger partial charge in [-0.1, -0.05) is 29.8 Å². The van der Waals surface area contributed by atoms with Gasteiger partial charge in [0.2, 0.25) is 17.3 Å². The van der Waals surface area contributed by atoms with Crippen molar-refractivity contribution in [3.05, 3.63) is 83.1 Å². The predicted molar refractivity (Wildman–Crippen MR) is 137 cm³/mol. The second kappa shape index (κ2) is 9.36. The first-order valence-corrected chi connectivity index (χ1v) is 11.5. The molecule has 188 valence electrons. The molecule has 9 nitrogen and oxygen atoms in total. The maximum absolute atomic E-state index is 13.5. The lowest BCUT2D eigenvalue weighted by molar-refractivity contribution is 0.0661. The first kappa shape index (κ1) is 24.0. The van der Waals surface area contributed by atoms with Gasteiger partial charge < -0.3 is 34.4 Å². The van der Waals surface area contributed by atoms with Crippen molar-refractivity contribution in [2.75, 3.05) is 13.7 Å². The van der Waals surface area contributed by atoms with Crippen LogP contribution in [0.25, 0.3) is 32.9 Å². The molecule has 3 aromatic heterocycles. The van der Waals surface area contributed by atoms with E-state index in [-0.39, 0.29) is 17.7 Å². The molecule has 0 atom stereocenters. The molecule has 2 aromatic carbocycles. The number of H-pyrrole nitrogens is 2. The zero-order valence-corrected chi connectivity index (χ0v) is 20.1. The first-order valence-electron chi connectivity index (χ1n) is 11.5. The van der Waals surface area contributed by atoms with Crippen molar-refractivity contribution in [1.29, 1.82) is 0 Å². The van der Waals surface area contributed by atoms with Gasteiger partial charge in [0.05, 0.1) is 24.8 Å². The Morgan fingerprint density at radius 2 is 1.89 bits per heavy atom. The van der Waals surface area contributed by atoms with Crippen molar-refractivity contribution in [2.45, 2.75) is 13.3 Å². The number of aliphatic hydroxyl groups excluding tert-OH is 1. The highest BCUT2D eigenvalue weighted by Gasteiger charge is 2.32. The van der Waals surface area contributed by atoms with E-state index in [2.05, 4.69) is 9.97 Å². The number of carbonyl (C=O) groups is 2. The van der Waals surface area contributed by atoms with Gasteiger partial charge in [-0.05, 0) is 37.1 Å². The zero-order chi connectivity index (χ0) is 26.3. The number of carbonyl (C=O) groups excluding carboxylic acids is 1. The van der Waals surface area contributed by atoms with Crippen LogP contribution in [0.2, 0.25) is 0 Å². The van der Waals surface area contributed by atoms with E-state index in [9.17, 15) is 24.9 Å². The van der Waals surface area contributed by atoms with Crippen molar-refractivity contribution in [2.24, 2.45) is 0 Å². The van der Waals surface area contributed by atoms with Crippen LogP contribution < -0.4 is 4.74 Å². The molecular weight excluding hydrogens is 476 g/mol. The number of para-hydroxylation sites is 1. The average Bonchev–Trinajstić information content (AvgIpc) is 3.61. The summed E-state index contributed by atoms with van der Waals surface area (Å²) in [6.45, 7) is 1.78. The second-order valence-electron chi connectivity index (χ2n) is 8.69. The van der Waals surface area contributed by atoms with Crippen LogP contribution in [0.5, 0.6) is 11.5 Å². The first-order chi connectivity index (χ1) is 17.8. The van der Waals surface area contributed by atoms with E-state index in [1.165, 1.54) is 13.3 Å². The normalized spacial score (nSPS) is 11.9. The number of furan rings is 1. The van der Waals surface area contributed by atoms with Gasteiger partial charge in [-0.3, -0.25) is 4.79 Å². The molecule has 0 unspecified atom stereocenters. The number of nitrogens with one attached hydrogen (secondary N) is 2. The fourth-order valence-electron chi connectivity index (χ4n) is 4.46. The maximum Gasteiger partial charge on any atom is 0.372 e. The number of aromatic carboxylic acids is 1. The number of aromatic amines is 2. The van der Waals surface area contributed by atoms with E-state index in [1.54, 1.807) is 36.5 Å². The summed E-state index contributed by atoms with van der Waals surface area (Å²) >= 11 is 0. The summed E-state index contributed by atoms with van der Waals surface area (Å²) in [5, 5.41) is 31.4. The highest BCUT2D eigenvalue weighted by atomic mass is 16.5. The molecule has 0 fully saturated rings. The lowest BCUT2D eigenvalue weighted by Crippen LogP contribution is -1.99. The standard InChI is InChI=1S/C28H24N2O7/c1-14(13-31)6-7-15-4-3-5-17-20(12-30-23(15)17)24(32)27-25(33)22(26(37-27)28(34)35)19-11-29-21-9-8-16(36-2)10-18(19)21/h3-6,8-12,29-31,33H,7,13H2,1-2H3,(H,34,35)/b14-6+. The van der Waals surface area contributed by atoms with Gasteiger partial charge in [-0.2, -0.15) is 0 Å². The average molecular weight is 501 g/mol. The van der Waals surface area contributed by atoms with Gasteiger partial charge >= 0.3 is 5.97 Å². The van der Waals surface area contributed by atoms with Crippen LogP contribution in [0.4, 0.5) is 0 Å². The van der Waals surface area contributed by atoms with Crippen LogP contribution in [0, 0.1) is 0 Å². The maximum atomic E-state index is 13.5. The summed E-state index contributed by atoms with van der Waals surface area (Å²) < 4.78 is 10.8. The van der Waals surface area contributed by atoms with Gasteiger partial charge in [0.25, 0.3) is 0 Å². The number of aliphatic hydroxyl groups is 1. The minimum absolute atomic E-state index is 0.0420. The smallest absolute Gasteiger partial charge is 0.372 e. The molecule has 0 saturated heterocycles. The predicted octanol–water partition coefficient (Wildman–Crippen LogP) is 5.03. The SMILES string of the molecule is COc1ccc2[nH]cc(-c3c(C(=O)O)oc(C(=O)c4c[nH]c5c(C/C=C(\C)CO)cccc45)c3O)c2c1. The summed E-state index contributed by atoms with van der Waals surface area (Å²) in [6, 6.07) is 10.7. The monoisotopic (exact) mass is 500 g/mol. The molecule has 0 aliphatic carbocycles. The third-order valence-electron chi connectivity index (χ3n) is 6.41. The Bertz CT molecular complexity index is 1700. The summed E-state index contributed by atoms with van der Waals surface area (Å²) in [4.78, 5) is 31.8. The summed E-state index contributed by atoms with van der Waals surface area (Å²) in [5.74, 6) is -3.11. The Morgan fingerprint density at radius 1 is 1.08 bits per heavy atom. The summed E-state index contributed by atoms with van der Waals surface area (Å²) in [5.41, 5.74) is 3.64. The quantitative estimate of drug-likeness (QED) is 0.148. The molecule has 37 heavy (non-hydrogen) atoms. The Kier molecular flexibility index (Phi) is 6.06. The number of aromatic hydroxyl groups is 1. The molecule has 9 heteroatoms.